The van der Waals surface area contributed by atoms with E-state index in [0.29, 0.717) is 18.5 Å². The van der Waals surface area contributed by atoms with E-state index in [1.165, 1.54) is 0 Å². The van der Waals surface area contributed by atoms with Crippen molar-refractivity contribution in [2.45, 2.75) is 38.3 Å². The summed E-state index contributed by atoms with van der Waals surface area (Å²) >= 11 is 0. The summed E-state index contributed by atoms with van der Waals surface area (Å²) in [7, 11) is 0. The van der Waals surface area contributed by atoms with Gasteiger partial charge in [0.15, 0.2) is 5.67 Å². The van der Waals surface area contributed by atoms with Crippen molar-refractivity contribution < 1.29 is 9.18 Å². The minimum Gasteiger partial charge on any atom is -0.300 e. The van der Waals surface area contributed by atoms with E-state index < -0.39 is 5.67 Å². The van der Waals surface area contributed by atoms with Crippen molar-refractivity contribution in [2.24, 2.45) is 0 Å². The molecule has 15 heavy (non-hydrogen) atoms. The third-order valence-electron chi connectivity index (χ3n) is 3.03. The van der Waals surface area contributed by atoms with Crippen LogP contribution in [0, 0.1) is 6.92 Å². The predicted octanol–water partition coefficient (Wildman–Crippen LogP) is 2.70. The maximum Gasteiger partial charge on any atom is 0.153 e. The Morgan fingerprint density at radius 1 is 1.40 bits per heavy atom. The number of carbonyl (C=O) groups is 1. The van der Waals surface area contributed by atoms with Gasteiger partial charge in [0.05, 0.1) is 5.69 Å². The summed E-state index contributed by atoms with van der Waals surface area (Å²) < 4.78 is 14.5. The fourth-order valence-electron chi connectivity index (χ4n) is 2.12. The predicted molar refractivity (Wildman–Crippen MR) is 55.2 cm³/mol. The second kappa shape index (κ2) is 3.72. The monoisotopic (exact) mass is 207 g/mol. The molecule has 0 atom stereocenters. The molecule has 0 saturated heterocycles. The molecule has 0 amide bonds. The van der Waals surface area contributed by atoms with E-state index in [2.05, 4.69) is 4.98 Å². The zero-order valence-electron chi connectivity index (χ0n) is 8.79. The molecule has 1 aliphatic carbocycles. The molecule has 1 aromatic rings. The highest BCUT2D eigenvalue weighted by Crippen LogP contribution is 2.39. The maximum atomic E-state index is 14.5. The van der Waals surface area contributed by atoms with Gasteiger partial charge in [-0.3, -0.25) is 9.78 Å². The first-order chi connectivity index (χ1) is 7.12. The van der Waals surface area contributed by atoms with Crippen LogP contribution < -0.4 is 0 Å². The quantitative estimate of drug-likeness (QED) is 0.708. The van der Waals surface area contributed by atoms with Crippen LogP contribution in [0.15, 0.2) is 18.3 Å². The molecule has 1 heterocycles. The number of ketones is 1. The number of pyridine rings is 1. The normalized spacial score (nSPS) is 20.3. The number of hydrogen-bond acceptors (Lipinski definition) is 2. The second-order valence-electron chi connectivity index (χ2n) is 4.17. The Balaban J connectivity index is 2.30. The van der Waals surface area contributed by atoms with E-state index in [1.54, 1.807) is 12.3 Å². The molecule has 0 aliphatic heterocycles. The van der Waals surface area contributed by atoms with Gasteiger partial charge in [-0.05, 0) is 31.4 Å². The first-order valence-electron chi connectivity index (χ1n) is 5.24. The standard InChI is InChI=1S/C12H14FNO/c1-9-3-2-8-14-11(9)12(13)6-4-10(15)5-7-12/h2-3,8H,4-7H2,1H3. The third kappa shape index (κ3) is 1.91. The number of Topliss-reactive ketones (excluding diaryl/α,β-unsaturated/α-hetero) is 1. The van der Waals surface area contributed by atoms with Crippen LogP contribution in [0.4, 0.5) is 4.39 Å². The Kier molecular flexibility index (Phi) is 2.55. The Hall–Kier alpha value is -1.25. The molecule has 0 unspecified atom stereocenters. The fourth-order valence-corrected chi connectivity index (χ4v) is 2.12. The Morgan fingerprint density at radius 3 is 2.67 bits per heavy atom. The summed E-state index contributed by atoms with van der Waals surface area (Å²) in [6.45, 7) is 1.86. The van der Waals surface area contributed by atoms with Gasteiger partial charge in [-0.15, -0.1) is 0 Å². The number of aryl methyl sites for hydroxylation is 1. The van der Waals surface area contributed by atoms with Gasteiger partial charge in [-0.25, -0.2) is 4.39 Å². The Morgan fingerprint density at radius 2 is 2.07 bits per heavy atom. The molecule has 1 saturated carbocycles. The van der Waals surface area contributed by atoms with E-state index >= 15 is 0 Å². The number of aromatic nitrogens is 1. The first kappa shape index (κ1) is 10.3. The van der Waals surface area contributed by atoms with Crippen LogP contribution in [0.25, 0.3) is 0 Å². The van der Waals surface area contributed by atoms with E-state index in [1.807, 2.05) is 13.0 Å². The number of rotatable bonds is 1. The van der Waals surface area contributed by atoms with Crippen LogP contribution in [0.5, 0.6) is 0 Å². The first-order valence-corrected chi connectivity index (χ1v) is 5.24. The van der Waals surface area contributed by atoms with Gasteiger partial charge in [-0.1, -0.05) is 6.07 Å². The smallest absolute Gasteiger partial charge is 0.153 e. The minimum absolute atomic E-state index is 0.164. The zero-order chi connectivity index (χ0) is 10.9. The summed E-state index contributed by atoms with van der Waals surface area (Å²) in [6, 6.07) is 3.66. The summed E-state index contributed by atoms with van der Waals surface area (Å²) in [5.74, 6) is 0.164. The molecule has 0 N–H and O–H groups in total. The lowest BCUT2D eigenvalue weighted by Gasteiger charge is -2.29. The second-order valence-corrected chi connectivity index (χ2v) is 4.17. The number of carbonyl (C=O) groups excluding carboxylic acids is 1. The average molecular weight is 207 g/mol. The van der Waals surface area contributed by atoms with Gasteiger partial charge >= 0.3 is 0 Å². The van der Waals surface area contributed by atoms with E-state index in [4.69, 9.17) is 0 Å². The molecule has 3 heteroatoms. The number of hydrogen-bond donors (Lipinski definition) is 0. The summed E-state index contributed by atoms with van der Waals surface area (Å²) in [4.78, 5) is 15.2. The highest BCUT2D eigenvalue weighted by Gasteiger charge is 2.38. The molecule has 0 bridgehead atoms. The summed E-state index contributed by atoms with van der Waals surface area (Å²) in [5.41, 5.74) is -0.00829. The van der Waals surface area contributed by atoms with E-state index in [-0.39, 0.29) is 18.6 Å². The number of nitrogens with zero attached hydrogens (tertiary/aromatic N) is 1. The van der Waals surface area contributed by atoms with E-state index in [9.17, 15) is 9.18 Å². The van der Waals surface area contributed by atoms with Crippen molar-refractivity contribution in [2.75, 3.05) is 0 Å². The molecule has 0 radical (unpaired) electrons. The van der Waals surface area contributed by atoms with Crippen LogP contribution in [-0.2, 0) is 10.5 Å². The van der Waals surface area contributed by atoms with Gasteiger partial charge in [0.25, 0.3) is 0 Å². The van der Waals surface area contributed by atoms with E-state index in [0.717, 1.165) is 5.56 Å². The highest BCUT2D eigenvalue weighted by atomic mass is 19.1. The van der Waals surface area contributed by atoms with Gasteiger partial charge < -0.3 is 0 Å². The molecule has 1 aliphatic rings. The molecule has 2 nitrogen and oxygen atoms in total. The van der Waals surface area contributed by atoms with Gasteiger partial charge in [0.2, 0.25) is 0 Å². The molecule has 1 aromatic heterocycles. The van der Waals surface area contributed by atoms with Crippen LogP contribution in [0.2, 0.25) is 0 Å². The lowest BCUT2D eigenvalue weighted by molar-refractivity contribution is -0.123. The number of alkyl halides is 1. The van der Waals surface area contributed by atoms with Gasteiger partial charge in [0, 0.05) is 19.0 Å². The van der Waals surface area contributed by atoms with Crippen molar-refractivity contribution in [1.29, 1.82) is 0 Å². The molecule has 2 rings (SSSR count). The third-order valence-corrected chi connectivity index (χ3v) is 3.03. The molecular weight excluding hydrogens is 193 g/mol. The Bertz CT molecular complexity index is 379. The topological polar surface area (TPSA) is 30.0 Å². The summed E-state index contributed by atoms with van der Waals surface area (Å²) in [6.07, 6.45) is 2.85. The van der Waals surface area contributed by atoms with Gasteiger partial charge in [-0.2, -0.15) is 0 Å². The van der Waals surface area contributed by atoms with Crippen molar-refractivity contribution in [1.82, 2.24) is 4.98 Å². The van der Waals surface area contributed by atoms with Crippen LogP contribution >= 0.6 is 0 Å². The molecule has 0 aromatic carbocycles. The summed E-state index contributed by atoms with van der Waals surface area (Å²) in [5, 5.41) is 0. The minimum atomic E-state index is -1.39. The fraction of sp³-hybridized carbons (Fsp3) is 0.500. The van der Waals surface area contributed by atoms with Crippen molar-refractivity contribution in [3.05, 3.63) is 29.6 Å². The van der Waals surface area contributed by atoms with Crippen LogP contribution in [0.1, 0.15) is 36.9 Å². The maximum absolute atomic E-state index is 14.5. The SMILES string of the molecule is Cc1cccnc1C1(F)CCC(=O)CC1. The van der Waals surface area contributed by atoms with Crippen LogP contribution in [0.3, 0.4) is 0 Å². The Labute approximate surface area is 88.5 Å². The van der Waals surface area contributed by atoms with Crippen molar-refractivity contribution in [3.63, 3.8) is 0 Å². The highest BCUT2D eigenvalue weighted by molar-refractivity contribution is 5.79. The molecule has 0 spiro atoms. The lowest BCUT2D eigenvalue weighted by atomic mass is 9.82. The molecule has 80 valence electrons. The van der Waals surface area contributed by atoms with Crippen molar-refractivity contribution >= 4 is 5.78 Å². The lowest BCUT2D eigenvalue weighted by Crippen LogP contribution is -2.29. The molecular formula is C12H14FNO. The molecule has 1 fully saturated rings. The number of halogens is 1. The largest absolute Gasteiger partial charge is 0.300 e. The zero-order valence-corrected chi connectivity index (χ0v) is 8.79. The van der Waals surface area contributed by atoms with Crippen molar-refractivity contribution in [3.8, 4) is 0 Å². The average Bonchev–Trinajstić information content (AvgIpc) is 2.23. The van der Waals surface area contributed by atoms with Gasteiger partial charge in [0.1, 0.15) is 5.78 Å². The van der Waals surface area contributed by atoms with Crippen LogP contribution in [-0.4, -0.2) is 10.8 Å².